The number of hydrogen-bond acceptors (Lipinski definition) is 5. The highest BCUT2D eigenvalue weighted by Gasteiger charge is 2.17. The predicted molar refractivity (Wildman–Crippen MR) is 106 cm³/mol. The van der Waals surface area contributed by atoms with E-state index in [0.717, 1.165) is 0 Å². The van der Waals surface area contributed by atoms with E-state index >= 15 is 0 Å². The Hall–Kier alpha value is -3.52. The molecular formula is C20H14FN3O3S. The quantitative estimate of drug-likeness (QED) is 0.570. The van der Waals surface area contributed by atoms with Gasteiger partial charge in [-0.15, -0.1) is 11.3 Å². The van der Waals surface area contributed by atoms with Crippen molar-refractivity contribution in [2.45, 2.75) is 0 Å². The molecule has 0 aliphatic rings. The first kappa shape index (κ1) is 17.9. The first-order chi connectivity index (χ1) is 13.6. The van der Waals surface area contributed by atoms with E-state index in [9.17, 15) is 14.0 Å². The van der Waals surface area contributed by atoms with Crippen molar-refractivity contribution in [3.63, 3.8) is 0 Å². The number of benzene rings is 2. The molecule has 0 aliphatic heterocycles. The molecule has 4 aromatic rings. The van der Waals surface area contributed by atoms with Gasteiger partial charge < -0.3 is 10.1 Å². The molecule has 0 unspecified atom stereocenters. The molecule has 1 N–H and O–H groups in total. The number of carbonyl (C=O) groups excluding carboxylic acids is 1. The van der Waals surface area contributed by atoms with Crippen LogP contribution in [0.2, 0.25) is 0 Å². The van der Waals surface area contributed by atoms with Crippen molar-refractivity contribution < 1.29 is 13.9 Å². The molecule has 0 aliphatic carbocycles. The van der Waals surface area contributed by atoms with Crippen LogP contribution >= 0.6 is 11.3 Å². The summed E-state index contributed by atoms with van der Waals surface area (Å²) < 4.78 is 19.7. The topological polar surface area (TPSA) is 72.7 Å². The molecule has 8 heteroatoms. The minimum absolute atomic E-state index is 0.0953. The van der Waals surface area contributed by atoms with Gasteiger partial charge in [0.1, 0.15) is 17.1 Å². The molecule has 2 heterocycles. The highest BCUT2D eigenvalue weighted by Crippen LogP contribution is 2.24. The van der Waals surface area contributed by atoms with Gasteiger partial charge in [-0.2, -0.15) is 0 Å². The van der Waals surface area contributed by atoms with Crippen molar-refractivity contribution in [3.05, 3.63) is 81.8 Å². The number of nitrogens with zero attached hydrogens (tertiary/aromatic N) is 2. The summed E-state index contributed by atoms with van der Waals surface area (Å²) in [4.78, 5) is 30.3. The van der Waals surface area contributed by atoms with Crippen LogP contribution in [0.25, 0.3) is 16.2 Å². The third-order valence-corrected chi connectivity index (χ3v) is 5.00. The zero-order chi connectivity index (χ0) is 19.7. The number of nitrogens with one attached hydrogen (secondary N) is 1. The second kappa shape index (κ2) is 7.24. The van der Waals surface area contributed by atoms with Crippen LogP contribution in [-0.2, 0) is 0 Å². The van der Waals surface area contributed by atoms with Gasteiger partial charge in [-0.1, -0.05) is 6.07 Å². The summed E-state index contributed by atoms with van der Waals surface area (Å²) in [5.74, 6) is -0.358. The fraction of sp³-hybridized carbons (Fsp3) is 0.0500. The largest absolute Gasteiger partial charge is 0.497 e. The monoisotopic (exact) mass is 395 g/mol. The van der Waals surface area contributed by atoms with Crippen LogP contribution in [0.1, 0.15) is 10.4 Å². The van der Waals surface area contributed by atoms with Crippen LogP contribution in [0, 0.1) is 5.82 Å². The standard InChI is InChI=1S/C20H14FN3O3S/c1-27-15-4-2-3-14(9-15)23-18(25)16-10-22-20-24(19(16)26)17(11-28-20)12-5-7-13(21)8-6-12/h2-11H,1H3,(H,23,25). The number of hydrogen-bond donors (Lipinski definition) is 1. The zero-order valence-corrected chi connectivity index (χ0v) is 15.5. The lowest BCUT2D eigenvalue weighted by Crippen LogP contribution is -2.26. The lowest BCUT2D eigenvalue weighted by atomic mass is 10.1. The SMILES string of the molecule is COc1cccc(NC(=O)c2cnc3scc(-c4ccc(F)cc4)n3c2=O)c1. The molecule has 0 spiro atoms. The van der Waals surface area contributed by atoms with Crippen molar-refractivity contribution in [2.75, 3.05) is 12.4 Å². The molecule has 6 nitrogen and oxygen atoms in total. The summed E-state index contributed by atoms with van der Waals surface area (Å²) in [6.45, 7) is 0. The molecule has 0 radical (unpaired) electrons. The number of ether oxygens (including phenoxy) is 1. The van der Waals surface area contributed by atoms with Crippen LogP contribution in [0.5, 0.6) is 5.75 Å². The van der Waals surface area contributed by atoms with Crippen molar-refractivity contribution in [1.82, 2.24) is 9.38 Å². The number of rotatable bonds is 4. The molecule has 0 atom stereocenters. The maximum absolute atomic E-state index is 13.2. The van der Waals surface area contributed by atoms with E-state index in [1.165, 1.54) is 41.2 Å². The summed E-state index contributed by atoms with van der Waals surface area (Å²) in [5.41, 5.74) is 1.11. The third-order valence-electron chi connectivity index (χ3n) is 4.16. The fourth-order valence-electron chi connectivity index (χ4n) is 2.77. The van der Waals surface area contributed by atoms with Crippen molar-refractivity contribution in [2.24, 2.45) is 0 Å². The molecule has 0 fully saturated rings. The smallest absolute Gasteiger partial charge is 0.271 e. The van der Waals surface area contributed by atoms with Gasteiger partial charge in [-0.05, 0) is 42.0 Å². The minimum Gasteiger partial charge on any atom is -0.497 e. The summed E-state index contributed by atoms with van der Waals surface area (Å²) in [5, 5.41) is 4.43. The van der Waals surface area contributed by atoms with E-state index in [4.69, 9.17) is 4.74 Å². The average molecular weight is 395 g/mol. The van der Waals surface area contributed by atoms with E-state index in [1.807, 2.05) is 0 Å². The Morgan fingerprint density at radius 3 is 2.75 bits per heavy atom. The number of amides is 1. The van der Waals surface area contributed by atoms with Crippen LogP contribution in [0.4, 0.5) is 10.1 Å². The van der Waals surface area contributed by atoms with Crippen molar-refractivity contribution in [3.8, 4) is 17.0 Å². The Kier molecular flexibility index (Phi) is 4.62. The van der Waals surface area contributed by atoms with Gasteiger partial charge in [0.15, 0.2) is 4.96 Å². The van der Waals surface area contributed by atoms with Crippen molar-refractivity contribution >= 4 is 27.9 Å². The van der Waals surface area contributed by atoms with E-state index in [2.05, 4.69) is 10.3 Å². The van der Waals surface area contributed by atoms with Gasteiger partial charge >= 0.3 is 0 Å². The normalized spacial score (nSPS) is 10.8. The Bertz CT molecular complexity index is 1230. The molecule has 2 aromatic carbocycles. The number of methoxy groups -OCH3 is 1. The molecule has 4 rings (SSSR count). The Labute approximate surface area is 162 Å². The maximum atomic E-state index is 13.2. The first-order valence-electron chi connectivity index (χ1n) is 8.27. The van der Waals surface area contributed by atoms with E-state index in [-0.39, 0.29) is 11.4 Å². The van der Waals surface area contributed by atoms with Crippen molar-refractivity contribution in [1.29, 1.82) is 0 Å². The van der Waals surface area contributed by atoms with Gasteiger partial charge in [0.25, 0.3) is 11.5 Å². The van der Waals surface area contributed by atoms with Crippen LogP contribution in [-0.4, -0.2) is 22.4 Å². The van der Waals surface area contributed by atoms with Crippen LogP contribution < -0.4 is 15.6 Å². The van der Waals surface area contributed by atoms with E-state index in [1.54, 1.807) is 41.8 Å². The number of carbonyl (C=O) groups is 1. The van der Waals surface area contributed by atoms with Gasteiger partial charge in [0.05, 0.1) is 12.8 Å². The summed E-state index contributed by atoms with van der Waals surface area (Å²) in [6, 6.07) is 12.6. The molecule has 1 amide bonds. The predicted octanol–water partition coefficient (Wildman–Crippen LogP) is 3.82. The zero-order valence-electron chi connectivity index (χ0n) is 14.7. The molecule has 0 saturated heterocycles. The third kappa shape index (κ3) is 3.25. The lowest BCUT2D eigenvalue weighted by molar-refractivity contribution is 0.102. The van der Waals surface area contributed by atoms with Gasteiger partial charge in [0.2, 0.25) is 0 Å². The van der Waals surface area contributed by atoms with Crippen LogP contribution in [0.3, 0.4) is 0 Å². The Balaban J connectivity index is 1.74. The second-order valence-electron chi connectivity index (χ2n) is 5.91. The minimum atomic E-state index is -0.573. The number of anilines is 1. The summed E-state index contributed by atoms with van der Waals surface area (Å²) in [6.07, 6.45) is 1.26. The summed E-state index contributed by atoms with van der Waals surface area (Å²) in [7, 11) is 1.53. The summed E-state index contributed by atoms with van der Waals surface area (Å²) >= 11 is 1.27. The van der Waals surface area contributed by atoms with Gasteiger partial charge in [-0.3, -0.25) is 14.0 Å². The number of aromatic nitrogens is 2. The Morgan fingerprint density at radius 1 is 1.21 bits per heavy atom. The molecule has 2 aromatic heterocycles. The fourth-order valence-corrected chi connectivity index (χ4v) is 3.63. The lowest BCUT2D eigenvalue weighted by Gasteiger charge is -2.07. The van der Waals surface area contributed by atoms with Crippen LogP contribution in [0.15, 0.2) is 64.9 Å². The van der Waals surface area contributed by atoms with E-state index < -0.39 is 11.5 Å². The average Bonchev–Trinajstić information content (AvgIpc) is 3.14. The molecular weight excluding hydrogens is 381 g/mol. The number of fused-ring (bicyclic) bond motifs is 1. The molecule has 28 heavy (non-hydrogen) atoms. The molecule has 0 bridgehead atoms. The number of halogens is 1. The number of thiazole rings is 1. The maximum Gasteiger partial charge on any atom is 0.271 e. The first-order valence-corrected chi connectivity index (χ1v) is 9.15. The second-order valence-corrected chi connectivity index (χ2v) is 6.75. The highest BCUT2D eigenvalue weighted by molar-refractivity contribution is 7.15. The molecule has 140 valence electrons. The highest BCUT2D eigenvalue weighted by atomic mass is 32.1. The van der Waals surface area contributed by atoms with E-state index in [0.29, 0.717) is 27.7 Å². The van der Waals surface area contributed by atoms with Gasteiger partial charge in [0, 0.05) is 23.3 Å². The van der Waals surface area contributed by atoms with Gasteiger partial charge in [-0.25, -0.2) is 9.37 Å². The Morgan fingerprint density at radius 2 is 2.00 bits per heavy atom. The molecule has 0 saturated carbocycles.